The number of carbonyl (C=O) groups excluding carboxylic acids is 1. The molecule has 21 heavy (non-hydrogen) atoms. The number of aromatic nitrogens is 1. The molecule has 1 aromatic heterocycles. The number of hydrogen-bond acceptors (Lipinski definition) is 4. The number of aryl methyl sites for hydroxylation is 1. The van der Waals surface area contributed by atoms with Gasteiger partial charge < -0.3 is 14.4 Å². The molecule has 1 atom stereocenters. The smallest absolute Gasteiger partial charge is 0.228 e. The largest absolute Gasteiger partial charge is 0.490 e. The van der Waals surface area contributed by atoms with Crippen LogP contribution in [0.15, 0.2) is 18.5 Å². The van der Waals surface area contributed by atoms with Gasteiger partial charge in [0.05, 0.1) is 12.5 Å². The highest BCUT2D eigenvalue weighted by Crippen LogP contribution is 2.23. The topological polar surface area (TPSA) is 51.7 Å². The van der Waals surface area contributed by atoms with Gasteiger partial charge in [0, 0.05) is 50.5 Å². The molecule has 0 spiro atoms. The first kappa shape index (κ1) is 14.3. The van der Waals surface area contributed by atoms with Gasteiger partial charge in [-0.05, 0) is 19.4 Å². The average molecular weight is 290 g/mol. The van der Waals surface area contributed by atoms with E-state index in [0.29, 0.717) is 6.61 Å². The molecule has 0 saturated carbocycles. The Labute approximate surface area is 125 Å². The second kappa shape index (κ2) is 6.43. The van der Waals surface area contributed by atoms with Crippen molar-refractivity contribution in [1.82, 2.24) is 9.88 Å². The third kappa shape index (κ3) is 3.35. The molecular weight excluding hydrogens is 268 g/mol. The zero-order valence-electron chi connectivity index (χ0n) is 12.5. The molecule has 1 amide bonds. The summed E-state index contributed by atoms with van der Waals surface area (Å²) in [6.45, 7) is 4.87. The van der Waals surface area contributed by atoms with E-state index in [1.807, 2.05) is 24.1 Å². The number of nitrogens with zero attached hydrogens (tertiary/aromatic N) is 2. The second-order valence-electron chi connectivity index (χ2n) is 5.84. The average Bonchev–Trinajstić information content (AvgIpc) is 3.04. The summed E-state index contributed by atoms with van der Waals surface area (Å²) in [6, 6.07) is 1.91. The lowest BCUT2D eigenvalue weighted by Crippen LogP contribution is -2.44. The lowest BCUT2D eigenvalue weighted by Gasteiger charge is -2.33. The van der Waals surface area contributed by atoms with Gasteiger partial charge in [0.1, 0.15) is 11.9 Å². The van der Waals surface area contributed by atoms with Crippen LogP contribution in [0, 0.1) is 12.8 Å². The number of likely N-dealkylation sites (tertiary alicyclic amines) is 1. The third-order valence-electron chi connectivity index (χ3n) is 4.30. The summed E-state index contributed by atoms with van der Waals surface area (Å²) in [5, 5.41) is 0. The van der Waals surface area contributed by atoms with E-state index in [4.69, 9.17) is 9.47 Å². The van der Waals surface area contributed by atoms with Gasteiger partial charge in [-0.2, -0.15) is 0 Å². The van der Waals surface area contributed by atoms with E-state index in [1.165, 1.54) is 0 Å². The zero-order valence-corrected chi connectivity index (χ0v) is 12.5. The maximum absolute atomic E-state index is 12.3. The molecule has 1 aromatic rings. The van der Waals surface area contributed by atoms with E-state index < -0.39 is 0 Å². The van der Waals surface area contributed by atoms with Crippen molar-refractivity contribution in [2.75, 3.05) is 26.3 Å². The lowest BCUT2D eigenvalue weighted by molar-refractivity contribution is -0.137. The van der Waals surface area contributed by atoms with Crippen LogP contribution in [0.2, 0.25) is 0 Å². The van der Waals surface area contributed by atoms with Crippen LogP contribution in [0.5, 0.6) is 5.75 Å². The van der Waals surface area contributed by atoms with Crippen LogP contribution in [-0.2, 0) is 9.53 Å². The molecule has 2 saturated heterocycles. The van der Waals surface area contributed by atoms with Crippen molar-refractivity contribution >= 4 is 5.91 Å². The predicted molar refractivity (Wildman–Crippen MR) is 78.1 cm³/mol. The van der Waals surface area contributed by atoms with Gasteiger partial charge in [-0.15, -0.1) is 0 Å². The molecule has 0 bridgehead atoms. The summed E-state index contributed by atoms with van der Waals surface area (Å²) < 4.78 is 11.3. The maximum atomic E-state index is 12.3. The van der Waals surface area contributed by atoms with Crippen LogP contribution in [0.25, 0.3) is 0 Å². The number of carbonyl (C=O) groups is 1. The Hall–Kier alpha value is -1.62. The minimum atomic E-state index is 0.0740. The van der Waals surface area contributed by atoms with E-state index in [9.17, 15) is 4.79 Å². The van der Waals surface area contributed by atoms with Crippen LogP contribution in [0.3, 0.4) is 0 Å². The first-order chi connectivity index (χ1) is 10.2. The summed E-state index contributed by atoms with van der Waals surface area (Å²) in [5.74, 6) is 1.23. The van der Waals surface area contributed by atoms with Crippen molar-refractivity contribution in [3.8, 4) is 5.75 Å². The summed E-state index contributed by atoms with van der Waals surface area (Å²) in [4.78, 5) is 18.4. The van der Waals surface area contributed by atoms with Gasteiger partial charge in [-0.1, -0.05) is 0 Å². The van der Waals surface area contributed by atoms with E-state index in [-0.39, 0.29) is 17.9 Å². The lowest BCUT2D eigenvalue weighted by atomic mass is 10.0. The van der Waals surface area contributed by atoms with Crippen LogP contribution >= 0.6 is 0 Å². The Morgan fingerprint density at radius 2 is 2.19 bits per heavy atom. The van der Waals surface area contributed by atoms with Gasteiger partial charge >= 0.3 is 0 Å². The maximum Gasteiger partial charge on any atom is 0.228 e. The summed E-state index contributed by atoms with van der Waals surface area (Å²) in [6.07, 6.45) is 6.40. The SMILES string of the molecule is Cc1cnccc1OC1CCN(C(=O)[C@@H]2CCOC2)CC1. The van der Waals surface area contributed by atoms with Gasteiger partial charge in [0.25, 0.3) is 0 Å². The Bertz CT molecular complexity index is 492. The van der Waals surface area contributed by atoms with E-state index >= 15 is 0 Å². The first-order valence-corrected chi connectivity index (χ1v) is 7.68. The highest BCUT2D eigenvalue weighted by molar-refractivity contribution is 5.79. The summed E-state index contributed by atoms with van der Waals surface area (Å²) >= 11 is 0. The van der Waals surface area contributed by atoms with E-state index in [0.717, 1.165) is 50.3 Å². The number of amides is 1. The van der Waals surface area contributed by atoms with Crippen molar-refractivity contribution in [3.63, 3.8) is 0 Å². The van der Waals surface area contributed by atoms with Gasteiger partial charge in [0.2, 0.25) is 5.91 Å². The van der Waals surface area contributed by atoms with Crippen molar-refractivity contribution in [2.24, 2.45) is 5.92 Å². The Balaban J connectivity index is 1.51. The summed E-state index contributed by atoms with van der Waals surface area (Å²) in [5.41, 5.74) is 1.05. The molecule has 5 nitrogen and oxygen atoms in total. The first-order valence-electron chi connectivity index (χ1n) is 7.68. The fourth-order valence-electron chi connectivity index (χ4n) is 2.95. The molecule has 0 radical (unpaired) electrons. The van der Waals surface area contributed by atoms with Crippen molar-refractivity contribution < 1.29 is 14.3 Å². The molecule has 114 valence electrons. The fraction of sp³-hybridized carbons (Fsp3) is 0.625. The molecule has 3 heterocycles. The molecule has 0 aliphatic carbocycles. The summed E-state index contributed by atoms with van der Waals surface area (Å²) in [7, 11) is 0. The zero-order chi connectivity index (χ0) is 14.7. The van der Waals surface area contributed by atoms with Crippen molar-refractivity contribution in [2.45, 2.75) is 32.3 Å². The Morgan fingerprint density at radius 1 is 1.38 bits per heavy atom. The second-order valence-corrected chi connectivity index (χ2v) is 5.84. The van der Waals surface area contributed by atoms with Gasteiger partial charge in [-0.3, -0.25) is 9.78 Å². The predicted octanol–water partition coefficient (Wildman–Crippen LogP) is 1.80. The monoisotopic (exact) mass is 290 g/mol. The molecule has 5 heteroatoms. The highest BCUT2D eigenvalue weighted by Gasteiger charge is 2.31. The molecule has 2 aliphatic rings. The third-order valence-corrected chi connectivity index (χ3v) is 4.30. The minimum absolute atomic E-state index is 0.0740. The highest BCUT2D eigenvalue weighted by atomic mass is 16.5. The van der Waals surface area contributed by atoms with Gasteiger partial charge in [-0.25, -0.2) is 0 Å². The van der Waals surface area contributed by atoms with Crippen LogP contribution in [0.4, 0.5) is 0 Å². The normalized spacial score (nSPS) is 23.3. The van der Waals surface area contributed by atoms with Crippen molar-refractivity contribution in [1.29, 1.82) is 0 Å². The number of hydrogen-bond donors (Lipinski definition) is 0. The minimum Gasteiger partial charge on any atom is -0.490 e. The van der Waals surface area contributed by atoms with Gasteiger partial charge in [0.15, 0.2) is 0 Å². The molecule has 0 aromatic carbocycles. The molecule has 0 unspecified atom stereocenters. The number of rotatable bonds is 3. The van der Waals surface area contributed by atoms with Crippen LogP contribution < -0.4 is 4.74 Å². The van der Waals surface area contributed by atoms with E-state index in [1.54, 1.807) is 6.20 Å². The number of piperidine rings is 1. The Kier molecular flexibility index (Phi) is 4.39. The standard InChI is InChI=1S/C16H22N2O3/c1-12-10-17-6-2-15(12)21-14-3-7-18(8-4-14)16(19)13-5-9-20-11-13/h2,6,10,13-14H,3-5,7-9,11H2,1H3/t13-/m1/s1. The molecule has 2 aliphatic heterocycles. The van der Waals surface area contributed by atoms with Crippen LogP contribution in [-0.4, -0.2) is 48.2 Å². The molecule has 3 rings (SSSR count). The molecule has 2 fully saturated rings. The Morgan fingerprint density at radius 3 is 2.86 bits per heavy atom. The van der Waals surface area contributed by atoms with Crippen LogP contribution in [0.1, 0.15) is 24.8 Å². The number of ether oxygens (including phenoxy) is 2. The fourth-order valence-corrected chi connectivity index (χ4v) is 2.95. The molecule has 0 N–H and O–H groups in total. The molecular formula is C16H22N2O3. The van der Waals surface area contributed by atoms with E-state index in [2.05, 4.69) is 4.98 Å². The van der Waals surface area contributed by atoms with Crippen molar-refractivity contribution in [3.05, 3.63) is 24.0 Å². The quantitative estimate of drug-likeness (QED) is 0.852. The number of pyridine rings is 1.